The van der Waals surface area contributed by atoms with Gasteiger partial charge in [-0.2, -0.15) is 5.10 Å². The SMILES string of the molecule is COc1ccc(Cn2ncnc2CN2CCN(c3ncccn3)CC2)cc1. The van der Waals surface area contributed by atoms with E-state index < -0.39 is 0 Å². The topological polar surface area (TPSA) is 72.2 Å². The van der Waals surface area contributed by atoms with E-state index in [2.05, 4.69) is 42.0 Å². The Morgan fingerprint density at radius 1 is 0.926 bits per heavy atom. The summed E-state index contributed by atoms with van der Waals surface area (Å²) in [6.07, 6.45) is 5.21. The van der Waals surface area contributed by atoms with Crippen molar-refractivity contribution in [1.82, 2.24) is 29.6 Å². The van der Waals surface area contributed by atoms with E-state index in [1.807, 2.05) is 22.9 Å². The molecule has 8 heteroatoms. The minimum absolute atomic E-state index is 0.706. The summed E-state index contributed by atoms with van der Waals surface area (Å²) in [6.45, 7) is 5.23. The average Bonchev–Trinajstić information content (AvgIpc) is 3.16. The first kappa shape index (κ1) is 17.4. The molecule has 0 aliphatic carbocycles. The third-order valence-corrected chi connectivity index (χ3v) is 4.76. The highest BCUT2D eigenvalue weighted by Crippen LogP contribution is 2.14. The summed E-state index contributed by atoms with van der Waals surface area (Å²) in [5.74, 6) is 2.65. The average molecular weight is 365 g/mol. The Morgan fingerprint density at radius 2 is 1.67 bits per heavy atom. The lowest BCUT2D eigenvalue weighted by molar-refractivity contribution is 0.239. The van der Waals surface area contributed by atoms with Gasteiger partial charge in [-0.15, -0.1) is 0 Å². The zero-order valence-corrected chi connectivity index (χ0v) is 15.4. The molecular formula is C19H23N7O. The van der Waals surface area contributed by atoms with Crippen molar-refractivity contribution >= 4 is 5.95 Å². The Morgan fingerprint density at radius 3 is 2.37 bits per heavy atom. The van der Waals surface area contributed by atoms with E-state index in [1.54, 1.807) is 25.8 Å². The zero-order chi connectivity index (χ0) is 18.5. The molecular weight excluding hydrogens is 342 g/mol. The van der Waals surface area contributed by atoms with Crippen molar-refractivity contribution in [2.24, 2.45) is 0 Å². The first-order valence-corrected chi connectivity index (χ1v) is 9.06. The van der Waals surface area contributed by atoms with Crippen LogP contribution in [0.1, 0.15) is 11.4 Å². The summed E-state index contributed by atoms with van der Waals surface area (Å²) < 4.78 is 7.18. The first-order chi connectivity index (χ1) is 13.3. The summed E-state index contributed by atoms with van der Waals surface area (Å²) in [5.41, 5.74) is 1.17. The van der Waals surface area contributed by atoms with Crippen LogP contribution in [-0.2, 0) is 13.1 Å². The number of piperazine rings is 1. The number of rotatable bonds is 6. The van der Waals surface area contributed by atoms with E-state index in [-0.39, 0.29) is 0 Å². The van der Waals surface area contributed by atoms with Gasteiger partial charge in [-0.1, -0.05) is 12.1 Å². The fourth-order valence-electron chi connectivity index (χ4n) is 3.21. The van der Waals surface area contributed by atoms with Crippen LogP contribution in [0.3, 0.4) is 0 Å². The van der Waals surface area contributed by atoms with E-state index in [0.717, 1.165) is 50.2 Å². The molecule has 27 heavy (non-hydrogen) atoms. The van der Waals surface area contributed by atoms with Gasteiger partial charge in [0, 0.05) is 38.6 Å². The summed E-state index contributed by atoms with van der Waals surface area (Å²) in [5, 5.41) is 4.40. The van der Waals surface area contributed by atoms with Crippen LogP contribution in [0.5, 0.6) is 5.75 Å². The number of hydrogen-bond acceptors (Lipinski definition) is 7. The molecule has 0 saturated carbocycles. The van der Waals surface area contributed by atoms with Crippen LogP contribution in [0.4, 0.5) is 5.95 Å². The largest absolute Gasteiger partial charge is 0.497 e. The Hall–Kier alpha value is -3.00. The van der Waals surface area contributed by atoms with Gasteiger partial charge in [0.1, 0.15) is 17.9 Å². The molecule has 0 radical (unpaired) electrons. The number of aromatic nitrogens is 5. The Labute approximate surface area is 158 Å². The molecule has 0 atom stereocenters. The predicted octanol–water partition coefficient (Wildman–Crippen LogP) is 1.45. The number of anilines is 1. The summed E-state index contributed by atoms with van der Waals surface area (Å²) in [4.78, 5) is 17.8. The number of ether oxygens (including phenoxy) is 1. The second-order valence-electron chi connectivity index (χ2n) is 6.49. The molecule has 140 valence electrons. The monoisotopic (exact) mass is 365 g/mol. The fraction of sp³-hybridized carbons (Fsp3) is 0.368. The molecule has 1 saturated heterocycles. The van der Waals surface area contributed by atoms with Crippen LogP contribution in [0.25, 0.3) is 0 Å². The third-order valence-electron chi connectivity index (χ3n) is 4.76. The molecule has 3 aromatic rings. The molecule has 0 bridgehead atoms. The predicted molar refractivity (Wildman–Crippen MR) is 102 cm³/mol. The smallest absolute Gasteiger partial charge is 0.225 e. The van der Waals surface area contributed by atoms with Crippen molar-refractivity contribution in [1.29, 1.82) is 0 Å². The van der Waals surface area contributed by atoms with Crippen molar-refractivity contribution in [3.63, 3.8) is 0 Å². The van der Waals surface area contributed by atoms with Crippen LogP contribution < -0.4 is 9.64 Å². The molecule has 2 aromatic heterocycles. The van der Waals surface area contributed by atoms with Crippen molar-refractivity contribution in [3.05, 3.63) is 60.4 Å². The van der Waals surface area contributed by atoms with E-state index in [1.165, 1.54) is 5.56 Å². The summed E-state index contributed by atoms with van der Waals surface area (Å²) >= 11 is 0. The molecule has 0 spiro atoms. The van der Waals surface area contributed by atoms with Gasteiger partial charge in [0.05, 0.1) is 20.2 Å². The molecule has 1 fully saturated rings. The van der Waals surface area contributed by atoms with Crippen LogP contribution >= 0.6 is 0 Å². The number of methoxy groups -OCH3 is 1. The van der Waals surface area contributed by atoms with Gasteiger partial charge in [0.15, 0.2) is 0 Å². The van der Waals surface area contributed by atoms with Gasteiger partial charge < -0.3 is 9.64 Å². The minimum Gasteiger partial charge on any atom is -0.497 e. The second-order valence-corrected chi connectivity index (χ2v) is 6.49. The van der Waals surface area contributed by atoms with Gasteiger partial charge in [0.2, 0.25) is 5.95 Å². The van der Waals surface area contributed by atoms with E-state index in [9.17, 15) is 0 Å². The number of benzene rings is 1. The molecule has 0 amide bonds. The molecule has 1 aliphatic heterocycles. The van der Waals surface area contributed by atoms with Crippen molar-refractivity contribution in [3.8, 4) is 5.75 Å². The highest BCUT2D eigenvalue weighted by molar-refractivity contribution is 5.29. The number of nitrogens with zero attached hydrogens (tertiary/aromatic N) is 7. The molecule has 1 aliphatic rings. The molecule has 4 rings (SSSR count). The van der Waals surface area contributed by atoms with Gasteiger partial charge in [-0.05, 0) is 23.8 Å². The highest BCUT2D eigenvalue weighted by atomic mass is 16.5. The fourth-order valence-corrected chi connectivity index (χ4v) is 3.21. The third kappa shape index (κ3) is 4.22. The van der Waals surface area contributed by atoms with E-state index in [4.69, 9.17) is 4.74 Å². The van der Waals surface area contributed by atoms with Crippen LogP contribution in [0.2, 0.25) is 0 Å². The molecule has 0 N–H and O–H groups in total. The normalized spacial score (nSPS) is 15.1. The lowest BCUT2D eigenvalue weighted by Crippen LogP contribution is -2.46. The molecule has 1 aromatic carbocycles. The lowest BCUT2D eigenvalue weighted by atomic mass is 10.2. The molecule has 0 unspecified atom stereocenters. The summed E-state index contributed by atoms with van der Waals surface area (Å²) in [6, 6.07) is 9.90. The van der Waals surface area contributed by atoms with Crippen molar-refractivity contribution in [2.75, 3.05) is 38.2 Å². The van der Waals surface area contributed by atoms with Crippen molar-refractivity contribution < 1.29 is 4.74 Å². The first-order valence-electron chi connectivity index (χ1n) is 9.06. The Kier molecular flexibility index (Phi) is 5.24. The minimum atomic E-state index is 0.706. The van der Waals surface area contributed by atoms with Gasteiger partial charge in [0.25, 0.3) is 0 Å². The second kappa shape index (κ2) is 8.13. The maximum absolute atomic E-state index is 5.21. The van der Waals surface area contributed by atoms with Gasteiger partial charge in [-0.25, -0.2) is 19.6 Å². The quantitative estimate of drug-likeness (QED) is 0.655. The van der Waals surface area contributed by atoms with Gasteiger partial charge >= 0.3 is 0 Å². The lowest BCUT2D eigenvalue weighted by Gasteiger charge is -2.34. The van der Waals surface area contributed by atoms with Crippen molar-refractivity contribution in [2.45, 2.75) is 13.1 Å². The maximum Gasteiger partial charge on any atom is 0.225 e. The van der Waals surface area contributed by atoms with Crippen LogP contribution in [-0.4, -0.2) is 62.9 Å². The van der Waals surface area contributed by atoms with Crippen LogP contribution in [0, 0.1) is 0 Å². The van der Waals surface area contributed by atoms with E-state index >= 15 is 0 Å². The maximum atomic E-state index is 5.21. The highest BCUT2D eigenvalue weighted by Gasteiger charge is 2.20. The van der Waals surface area contributed by atoms with Crippen LogP contribution in [0.15, 0.2) is 49.1 Å². The molecule has 3 heterocycles. The molecule has 8 nitrogen and oxygen atoms in total. The zero-order valence-electron chi connectivity index (χ0n) is 15.4. The number of hydrogen-bond donors (Lipinski definition) is 0. The Balaban J connectivity index is 1.35. The standard InChI is InChI=1S/C19H23N7O/c1-27-17-5-3-16(4-6-17)13-26-18(22-15-23-26)14-24-9-11-25(12-10-24)19-20-7-2-8-21-19/h2-8,15H,9-14H2,1H3. The van der Waals surface area contributed by atoms with Gasteiger partial charge in [-0.3, -0.25) is 4.90 Å². The summed E-state index contributed by atoms with van der Waals surface area (Å²) in [7, 11) is 1.67. The Bertz CT molecular complexity index is 842. The van der Waals surface area contributed by atoms with E-state index in [0.29, 0.717) is 6.54 Å².